The molecule has 33 heavy (non-hydrogen) atoms. The van der Waals surface area contributed by atoms with Gasteiger partial charge in [0.05, 0.1) is 18.5 Å². The molecule has 0 radical (unpaired) electrons. The second-order valence-electron chi connectivity index (χ2n) is 6.99. The Kier molecular flexibility index (Phi) is 9.88. The van der Waals surface area contributed by atoms with Crippen LogP contribution >= 0.6 is 0 Å². The number of nitrogens with zero attached hydrogens (tertiary/aromatic N) is 3. The van der Waals surface area contributed by atoms with E-state index in [2.05, 4.69) is 15.5 Å². The van der Waals surface area contributed by atoms with Crippen molar-refractivity contribution in [2.75, 3.05) is 27.9 Å². The van der Waals surface area contributed by atoms with E-state index in [0.717, 1.165) is 16.7 Å². The maximum atomic E-state index is 12.2. The summed E-state index contributed by atoms with van der Waals surface area (Å²) < 4.78 is 10.6. The number of methoxy groups -OCH3 is 1. The summed E-state index contributed by atoms with van der Waals surface area (Å²) in [6.45, 7) is 6.00. The van der Waals surface area contributed by atoms with Crippen molar-refractivity contribution in [2.24, 2.45) is 15.5 Å². The molecule has 2 aromatic rings. The van der Waals surface area contributed by atoms with E-state index in [0.29, 0.717) is 29.3 Å². The molecule has 0 fully saturated rings. The lowest BCUT2D eigenvalue weighted by molar-refractivity contribution is -0.132. The van der Waals surface area contributed by atoms with Crippen LogP contribution in [0.2, 0.25) is 0 Å². The molecule has 9 heteroatoms. The minimum Gasteiger partial charge on any atom is -0.488 e. The first kappa shape index (κ1) is 25.4. The number of rotatable bonds is 11. The number of ether oxygens (including phenoxy) is 2. The first-order valence-electron chi connectivity index (χ1n) is 10.2. The molecule has 176 valence electrons. The van der Waals surface area contributed by atoms with Gasteiger partial charge in [0.2, 0.25) is 0 Å². The van der Waals surface area contributed by atoms with Crippen molar-refractivity contribution in [2.45, 2.75) is 27.4 Å². The van der Waals surface area contributed by atoms with E-state index in [1.54, 1.807) is 6.07 Å². The third-order valence-electron chi connectivity index (χ3n) is 4.58. The van der Waals surface area contributed by atoms with Crippen LogP contribution in [0, 0.1) is 6.92 Å². The highest BCUT2D eigenvalue weighted by Gasteiger charge is 2.20. The van der Waals surface area contributed by atoms with Gasteiger partial charge in [-0.3, -0.25) is 0 Å². The smallest absolute Gasteiger partial charge is 0.360 e. The van der Waals surface area contributed by atoms with Crippen molar-refractivity contribution < 1.29 is 28.8 Å². The van der Waals surface area contributed by atoms with Crippen molar-refractivity contribution in [3.8, 4) is 5.75 Å². The molecular weight excluding hydrogens is 426 g/mol. The van der Waals surface area contributed by atoms with Gasteiger partial charge < -0.3 is 24.0 Å². The van der Waals surface area contributed by atoms with Gasteiger partial charge in [0.25, 0.3) is 0 Å². The van der Waals surface area contributed by atoms with Crippen LogP contribution in [0.3, 0.4) is 0 Å². The molecule has 0 aliphatic heterocycles. The Hall–Kier alpha value is -3.88. The van der Waals surface area contributed by atoms with Gasteiger partial charge in [0, 0.05) is 16.7 Å². The van der Waals surface area contributed by atoms with Crippen molar-refractivity contribution in [3.63, 3.8) is 0 Å². The minimum absolute atomic E-state index is 0.0557. The Balaban J connectivity index is 2.17. The van der Waals surface area contributed by atoms with Crippen LogP contribution in [0.5, 0.6) is 5.75 Å². The summed E-state index contributed by atoms with van der Waals surface area (Å²) in [6.07, 6.45) is 0. The average molecular weight is 456 g/mol. The van der Waals surface area contributed by atoms with Crippen LogP contribution < -0.4 is 4.74 Å². The summed E-state index contributed by atoms with van der Waals surface area (Å²) in [7, 11) is 4.15. The number of carbonyl (C=O) groups is 1. The summed E-state index contributed by atoms with van der Waals surface area (Å²) in [6, 6.07) is 13.0. The number of hydrogen-bond acceptors (Lipinski definition) is 9. The average Bonchev–Trinajstić information content (AvgIpc) is 2.82. The maximum Gasteiger partial charge on any atom is 0.360 e. The molecular formula is C24H29N3O6. The van der Waals surface area contributed by atoms with Crippen LogP contribution in [0.15, 0.2) is 57.9 Å². The fourth-order valence-electron chi connectivity index (χ4n) is 2.93. The van der Waals surface area contributed by atoms with Gasteiger partial charge in [-0.25, -0.2) is 4.79 Å². The number of carbonyl (C=O) groups excluding carboxylic acids is 1. The van der Waals surface area contributed by atoms with E-state index < -0.39 is 5.97 Å². The summed E-state index contributed by atoms with van der Waals surface area (Å²) in [5, 5.41) is 11.9. The van der Waals surface area contributed by atoms with Gasteiger partial charge in [-0.1, -0.05) is 45.8 Å². The van der Waals surface area contributed by atoms with E-state index in [-0.39, 0.29) is 12.3 Å². The lowest BCUT2D eigenvalue weighted by atomic mass is 9.99. The zero-order valence-electron chi connectivity index (χ0n) is 19.7. The number of esters is 1. The number of aryl methyl sites for hydroxylation is 1. The SMILES string of the molecule is CO/N=C(\C)COc1cccc(/C(C)=N/OCc2c(C)cccc2/C(=N\OC)C(=O)OC)c1. The topological polar surface area (TPSA) is 100 Å². The van der Waals surface area contributed by atoms with Crippen molar-refractivity contribution in [3.05, 3.63) is 64.7 Å². The van der Waals surface area contributed by atoms with E-state index >= 15 is 0 Å². The van der Waals surface area contributed by atoms with Crippen molar-refractivity contribution in [1.82, 2.24) is 0 Å². The molecule has 0 saturated carbocycles. The largest absolute Gasteiger partial charge is 0.488 e. The third kappa shape index (κ3) is 7.34. The summed E-state index contributed by atoms with van der Waals surface area (Å²) in [5.41, 5.74) is 4.50. The maximum absolute atomic E-state index is 12.2. The molecule has 0 amide bonds. The summed E-state index contributed by atoms with van der Waals surface area (Å²) >= 11 is 0. The Morgan fingerprint density at radius 2 is 1.67 bits per heavy atom. The zero-order valence-corrected chi connectivity index (χ0v) is 19.7. The molecule has 2 aromatic carbocycles. The highest BCUT2D eigenvalue weighted by molar-refractivity contribution is 6.43. The minimum atomic E-state index is -0.606. The number of hydrogen-bond donors (Lipinski definition) is 0. The fourth-order valence-corrected chi connectivity index (χ4v) is 2.93. The third-order valence-corrected chi connectivity index (χ3v) is 4.58. The Morgan fingerprint density at radius 1 is 0.939 bits per heavy atom. The standard InChI is InChI=1S/C24H29N3O6/c1-16-9-7-12-21(23(27-31-6)24(28)29-4)22(16)15-33-26-18(3)19-10-8-11-20(13-19)32-14-17(2)25-30-5/h7-13H,14-15H2,1-6H3/b25-17+,26-18+,27-23+. The van der Waals surface area contributed by atoms with Gasteiger partial charge in [-0.2, -0.15) is 0 Å². The quantitative estimate of drug-likeness (QED) is 0.290. The number of benzene rings is 2. The van der Waals surface area contributed by atoms with Gasteiger partial charge >= 0.3 is 5.97 Å². The van der Waals surface area contributed by atoms with Crippen LogP contribution in [-0.4, -0.2) is 51.0 Å². The lowest BCUT2D eigenvalue weighted by Crippen LogP contribution is -2.20. The van der Waals surface area contributed by atoms with Gasteiger partial charge in [0.15, 0.2) is 5.71 Å². The zero-order chi connectivity index (χ0) is 24.2. The molecule has 0 aliphatic rings. The Morgan fingerprint density at radius 3 is 2.36 bits per heavy atom. The fraction of sp³-hybridized carbons (Fsp3) is 0.333. The molecule has 0 heterocycles. The molecule has 9 nitrogen and oxygen atoms in total. The second-order valence-corrected chi connectivity index (χ2v) is 6.99. The van der Waals surface area contributed by atoms with Gasteiger partial charge in [-0.15, -0.1) is 0 Å². The van der Waals surface area contributed by atoms with Crippen molar-refractivity contribution in [1.29, 1.82) is 0 Å². The molecule has 0 N–H and O–H groups in total. The molecule has 2 rings (SSSR count). The van der Waals surface area contributed by atoms with Crippen LogP contribution in [0.1, 0.15) is 36.1 Å². The van der Waals surface area contributed by atoms with E-state index in [1.165, 1.54) is 21.3 Å². The Bertz CT molecular complexity index is 1050. The molecule has 0 aromatic heterocycles. The van der Waals surface area contributed by atoms with Crippen LogP contribution in [-0.2, 0) is 30.7 Å². The summed E-state index contributed by atoms with van der Waals surface area (Å²) in [4.78, 5) is 27.4. The molecule has 0 unspecified atom stereocenters. The first-order chi connectivity index (χ1) is 15.9. The molecule has 0 spiro atoms. The van der Waals surface area contributed by atoms with Gasteiger partial charge in [0.1, 0.15) is 33.2 Å². The van der Waals surface area contributed by atoms with Crippen LogP contribution in [0.4, 0.5) is 0 Å². The van der Waals surface area contributed by atoms with Crippen molar-refractivity contribution >= 4 is 23.1 Å². The molecule has 0 bridgehead atoms. The lowest BCUT2D eigenvalue weighted by Gasteiger charge is -2.12. The first-order valence-corrected chi connectivity index (χ1v) is 10.2. The van der Waals surface area contributed by atoms with E-state index in [9.17, 15) is 4.79 Å². The highest BCUT2D eigenvalue weighted by atomic mass is 16.6. The van der Waals surface area contributed by atoms with Gasteiger partial charge in [-0.05, 0) is 38.5 Å². The predicted octanol–water partition coefficient (Wildman–Crippen LogP) is 3.86. The predicted molar refractivity (Wildman–Crippen MR) is 126 cm³/mol. The monoisotopic (exact) mass is 455 g/mol. The summed E-state index contributed by atoms with van der Waals surface area (Å²) in [5.74, 6) is 0.0679. The molecule has 0 aliphatic carbocycles. The van der Waals surface area contributed by atoms with E-state index in [1.807, 2.05) is 57.2 Å². The second kappa shape index (κ2) is 12.8. The normalized spacial score (nSPS) is 12.2. The number of oxime groups is 3. The highest BCUT2D eigenvalue weighted by Crippen LogP contribution is 2.19. The van der Waals surface area contributed by atoms with Crippen LogP contribution in [0.25, 0.3) is 0 Å². The molecule has 0 atom stereocenters. The Labute approximate surface area is 193 Å². The van der Waals surface area contributed by atoms with E-state index in [4.69, 9.17) is 24.0 Å². The molecule has 0 saturated heterocycles.